The minimum atomic E-state index is -3.91. The second-order valence-electron chi connectivity index (χ2n) is 5.49. The maximum atomic E-state index is 13.5. The van der Waals surface area contributed by atoms with E-state index in [0.717, 1.165) is 6.07 Å². The molecule has 0 radical (unpaired) electrons. The minimum Gasteiger partial charge on any atom is -0.381 e. The number of nitrogens with two attached hydrogens (primary N) is 1. The highest BCUT2D eigenvalue weighted by molar-refractivity contribution is 7.89. The van der Waals surface area contributed by atoms with Crippen molar-refractivity contribution in [1.82, 2.24) is 4.72 Å². The van der Waals surface area contributed by atoms with Crippen LogP contribution >= 0.6 is 0 Å². The van der Waals surface area contributed by atoms with Crippen LogP contribution in [-0.4, -0.2) is 34.1 Å². The van der Waals surface area contributed by atoms with Crippen molar-refractivity contribution in [3.8, 4) is 0 Å². The van der Waals surface area contributed by atoms with Crippen LogP contribution in [0.5, 0.6) is 0 Å². The number of nitrogens with one attached hydrogen (secondary N) is 1. The van der Waals surface area contributed by atoms with Crippen LogP contribution in [0.2, 0.25) is 0 Å². The van der Waals surface area contributed by atoms with E-state index in [1.807, 2.05) is 0 Å². The summed E-state index contributed by atoms with van der Waals surface area (Å²) < 4.78 is 45.6. The van der Waals surface area contributed by atoms with Crippen LogP contribution in [0.1, 0.15) is 18.4 Å². The molecule has 1 heterocycles. The molecule has 1 fully saturated rings. The summed E-state index contributed by atoms with van der Waals surface area (Å²) >= 11 is 0. The van der Waals surface area contributed by atoms with Crippen LogP contribution in [-0.2, 0) is 19.6 Å². The summed E-state index contributed by atoms with van der Waals surface area (Å²) in [6.07, 6.45) is 0.709. The number of aryl methyl sites for hydroxylation is 1. The van der Waals surface area contributed by atoms with E-state index < -0.39 is 27.2 Å². The Morgan fingerprint density at radius 2 is 2.05 bits per heavy atom. The first-order valence-electron chi connectivity index (χ1n) is 6.90. The number of rotatable bonds is 5. The molecule has 0 aromatic heterocycles. The summed E-state index contributed by atoms with van der Waals surface area (Å²) in [7, 11) is -3.91. The quantitative estimate of drug-likeness (QED) is 0.830. The first kappa shape index (κ1) is 16.9. The Morgan fingerprint density at radius 3 is 2.59 bits per heavy atom. The number of carbonyl (C=O) groups excluding carboxylic acids is 1. The average Bonchev–Trinajstić information content (AvgIpc) is 2.49. The summed E-state index contributed by atoms with van der Waals surface area (Å²) in [6, 6.07) is 3.67. The molecule has 0 saturated carbocycles. The predicted molar refractivity (Wildman–Crippen MR) is 78.0 cm³/mol. The molecule has 2 rings (SSSR count). The molecule has 6 nitrogen and oxygen atoms in total. The lowest BCUT2D eigenvalue weighted by Gasteiger charge is -2.34. The van der Waals surface area contributed by atoms with Gasteiger partial charge in [-0.05, 0) is 37.5 Å². The molecule has 0 unspecified atom stereocenters. The van der Waals surface area contributed by atoms with Gasteiger partial charge in [-0.15, -0.1) is 0 Å². The van der Waals surface area contributed by atoms with Gasteiger partial charge < -0.3 is 10.5 Å². The van der Waals surface area contributed by atoms with Crippen molar-refractivity contribution in [2.24, 2.45) is 11.1 Å². The molecule has 0 spiro atoms. The molecular formula is C14H19FN2O4S. The molecule has 8 heteroatoms. The summed E-state index contributed by atoms with van der Waals surface area (Å²) in [6.45, 7) is 2.13. The van der Waals surface area contributed by atoms with E-state index in [0.29, 0.717) is 31.6 Å². The minimum absolute atomic E-state index is 0.122. The molecule has 0 bridgehead atoms. The molecular weight excluding hydrogens is 311 g/mol. The first-order valence-corrected chi connectivity index (χ1v) is 8.39. The van der Waals surface area contributed by atoms with Crippen molar-refractivity contribution in [2.45, 2.75) is 24.7 Å². The Kier molecular flexibility index (Phi) is 4.84. The second-order valence-corrected chi connectivity index (χ2v) is 7.26. The Balaban J connectivity index is 2.17. The molecule has 0 aliphatic carbocycles. The van der Waals surface area contributed by atoms with Crippen LogP contribution in [0.15, 0.2) is 23.1 Å². The number of benzene rings is 1. The maximum Gasteiger partial charge on any atom is 0.240 e. The Bertz CT molecular complexity index is 669. The molecule has 0 atom stereocenters. The SMILES string of the molecule is Cc1ccc(S(=O)(=O)NCC2(C(N)=O)CCOCC2)cc1F. The van der Waals surface area contributed by atoms with Crippen molar-refractivity contribution >= 4 is 15.9 Å². The monoisotopic (exact) mass is 330 g/mol. The van der Waals surface area contributed by atoms with Gasteiger partial charge in [-0.1, -0.05) is 6.07 Å². The zero-order valence-corrected chi connectivity index (χ0v) is 13.1. The fourth-order valence-electron chi connectivity index (χ4n) is 2.33. The largest absolute Gasteiger partial charge is 0.381 e. The van der Waals surface area contributed by atoms with Crippen molar-refractivity contribution in [3.05, 3.63) is 29.6 Å². The van der Waals surface area contributed by atoms with Gasteiger partial charge in [0, 0.05) is 19.8 Å². The van der Waals surface area contributed by atoms with E-state index in [1.165, 1.54) is 12.1 Å². The Morgan fingerprint density at radius 1 is 1.41 bits per heavy atom. The number of hydrogen-bond acceptors (Lipinski definition) is 4. The van der Waals surface area contributed by atoms with Gasteiger partial charge in [0.05, 0.1) is 10.3 Å². The fourth-order valence-corrected chi connectivity index (χ4v) is 3.47. The topological polar surface area (TPSA) is 98.5 Å². The highest BCUT2D eigenvalue weighted by Gasteiger charge is 2.39. The second kappa shape index (κ2) is 6.31. The third-order valence-corrected chi connectivity index (χ3v) is 5.43. The summed E-state index contributed by atoms with van der Waals surface area (Å²) in [4.78, 5) is 11.5. The number of carbonyl (C=O) groups is 1. The van der Waals surface area contributed by atoms with E-state index in [-0.39, 0.29) is 11.4 Å². The van der Waals surface area contributed by atoms with Crippen molar-refractivity contribution in [1.29, 1.82) is 0 Å². The third kappa shape index (κ3) is 3.45. The standard InChI is InChI=1S/C14H19FN2O4S/c1-10-2-3-11(8-12(10)15)22(19,20)17-9-14(13(16)18)4-6-21-7-5-14/h2-3,8,17H,4-7,9H2,1H3,(H2,16,18). The zero-order valence-electron chi connectivity index (χ0n) is 12.3. The Labute approximate surface area is 128 Å². The van der Waals surface area contributed by atoms with E-state index in [1.54, 1.807) is 6.92 Å². The first-order chi connectivity index (χ1) is 10.3. The third-order valence-electron chi connectivity index (χ3n) is 4.03. The lowest BCUT2D eigenvalue weighted by Crippen LogP contribution is -2.49. The molecule has 1 aromatic carbocycles. The van der Waals surface area contributed by atoms with E-state index in [2.05, 4.69) is 4.72 Å². The number of ether oxygens (including phenoxy) is 1. The zero-order chi connectivity index (χ0) is 16.4. The highest BCUT2D eigenvalue weighted by Crippen LogP contribution is 2.30. The summed E-state index contributed by atoms with van der Waals surface area (Å²) in [5.41, 5.74) is 4.82. The normalized spacial score (nSPS) is 18.1. The van der Waals surface area contributed by atoms with E-state index in [9.17, 15) is 17.6 Å². The molecule has 122 valence electrons. The van der Waals surface area contributed by atoms with E-state index in [4.69, 9.17) is 10.5 Å². The van der Waals surface area contributed by atoms with Gasteiger partial charge in [-0.25, -0.2) is 17.5 Å². The van der Waals surface area contributed by atoms with Gasteiger partial charge in [0.2, 0.25) is 15.9 Å². The smallest absolute Gasteiger partial charge is 0.240 e. The summed E-state index contributed by atoms with van der Waals surface area (Å²) in [5.74, 6) is -1.16. The molecule has 1 amide bonds. The molecule has 1 aliphatic heterocycles. The van der Waals surface area contributed by atoms with Crippen LogP contribution in [0.4, 0.5) is 4.39 Å². The van der Waals surface area contributed by atoms with Gasteiger partial charge in [0.1, 0.15) is 5.82 Å². The maximum absolute atomic E-state index is 13.5. The van der Waals surface area contributed by atoms with Gasteiger partial charge in [-0.2, -0.15) is 0 Å². The van der Waals surface area contributed by atoms with Crippen molar-refractivity contribution in [2.75, 3.05) is 19.8 Å². The number of primary amides is 1. The van der Waals surface area contributed by atoms with Gasteiger partial charge in [0.15, 0.2) is 0 Å². The average molecular weight is 330 g/mol. The highest BCUT2D eigenvalue weighted by atomic mass is 32.2. The lowest BCUT2D eigenvalue weighted by molar-refractivity contribution is -0.132. The van der Waals surface area contributed by atoms with Crippen molar-refractivity contribution < 1.29 is 22.3 Å². The lowest BCUT2D eigenvalue weighted by atomic mass is 9.80. The fraction of sp³-hybridized carbons (Fsp3) is 0.500. The van der Waals surface area contributed by atoms with Crippen LogP contribution in [0, 0.1) is 18.2 Å². The molecule has 1 aliphatic rings. The van der Waals surface area contributed by atoms with Gasteiger partial charge in [-0.3, -0.25) is 4.79 Å². The molecule has 22 heavy (non-hydrogen) atoms. The number of amides is 1. The van der Waals surface area contributed by atoms with Crippen molar-refractivity contribution in [3.63, 3.8) is 0 Å². The van der Waals surface area contributed by atoms with Gasteiger partial charge >= 0.3 is 0 Å². The van der Waals surface area contributed by atoms with Crippen LogP contribution in [0.3, 0.4) is 0 Å². The Hall–Kier alpha value is -1.51. The summed E-state index contributed by atoms with van der Waals surface area (Å²) in [5, 5.41) is 0. The molecule has 1 saturated heterocycles. The predicted octanol–water partition coefficient (Wildman–Crippen LogP) is 0.695. The van der Waals surface area contributed by atoms with Crippen LogP contribution in [0.25, 0.3) is 0 Å². The number of halogens is 1. The van der Waals surface area contributed by atoms with Gasteiger partial charge in [0.25, 0.3) is 0 Å². The molecule has 1 aromatic rings. The molecule has 3 N–H and O–H groups in total. The number of hydrogen-bond donors (Lipinski definition) is 2. The van der Waals surface area contributed by atoms with E-state index >= 15 is 0 Å². The number of sulfonamides is 1. The van der Waals surface area contributed by atoms with Crippen LogP contribution < -0.4 is 10.5 Å².